The van der Waals surface area contributed by atoms with Gasteiger partial charge in [0.2, 0.25) is 0 Å². The second-order valence-corrected chi connectivity index (χ2v) is 6.53. The Hall–Kier alpha value is -0.730. The normalized spacial score (nSPS) is 22.1. The number of rotatable bonds is 6. The van der Waals surface area contributed by atoms with E-state index < -0.39 is 0 Å². The van der Waals surface area contributed by atoms with Crippen LogP contribution < -0.4 is 10.1 Å². The Bertz CT molecular complexity index is 444. The highest BCUT2D eigenvalue weighted by Gasteiger charge is 2.50. The largest absolute Gasteiger partial charge is 0.497 e. The molecule has 1 aromatic rings. The standard InChI is InChI=1S/C16H24ClNO/c1-5-8-18-15(13-10-16(13,2)3)12-7-6-11(19-4)9-14(12)17/h6-7,9,13,15,18H,5,8,10H2,1-4H3. The molecule has 0 aromatic heterocycles. The van der Waals surface area contributed by atoms with E-state index in [1.165, 1.54) is 12.0 Å². The topological polar surface area (TPSA) is 21.3 Å². The molecule has 0 spiro atoms. The molecule has 1 saturated carbocycles. The van der Waals surface area contributed by atoms with Crippen molar-refractivity contribution in [3.05, 3.63) is 28.8 Å². The molecule has 0 heterocycles. The van der Waals surface area contributed by atoms with Crippen LogP contribution in [0.1, 0.15) is 45.2 Å². The molecule has 2 rings (SSSR count). The van der Waals surface area contributed by atoms with Gasteiger partial charge in [-0.1, -0.05) is 38.4 Å². The molecule has 0 radical (unpaired) electrons. The summed E-state index contributed by atoms with van der Waals surface area (Å²) in [6.07, 6.45) is 2.40. The second-order valence-electron chi connectivity index (χ2n) is 6.12. The van der Waals surface area contributed by atoms with Gasteiger partial charge in [0.1, 0.15) is 5.75 Å². The van der Waals surface area contributed by atoms with Gasteiger partial charge in [-0.3, -0.25) is 0 Å². The highest BCUT2D eigenvalue weighted by molar-refractivity contribution is 6.31. The molecular formula is C16H24ClNO. The number of hydrogen-bond acceptors (Lipinski definition) is 2. The van der Waals surface area contributed by atoms with Crippen molar-refractivity contribution in [2.45, 2.75) is 39.7 Å². The molecule has 0 amide bonds. The average Bonchev–Trinajstić information content (AvgIpc) is 3.00. The zero-order valence-corrected chi connectivity index (χ0v) is 13.1. The van der Waals surface area contributed by atoms with Gasteiger partial charge in [-0.05, 0) is 48.4 Å². The van der Waals surface area contributed by atoms with Crippen molar-refractivity contribution in [3.8, 4) is 5.75 Å². The van der Waals surface area contributed by atoms with Gasteiger partial charge in [0.05, 0.1) is 7.11 Å². The van der Waals surface area contributed by atoms with Crippen molar-refractivity contribution in [1.29, 1.82) is 0 Å². The van der Waals surface area contributed by atoms with Crippen LogP contribution >= 0.6 is 11.6 Å². The minimum atomic E-state index is 0.355. The molecule has 2 atom stereocenters. The fourth-order valence-electron chi connectivity index (χ4n) is 2.73. The molecule has 1 aliphatic carbocycles. The zero-order valence-electron chi connectivity index (χ0n) is 12.3. The third-order valence-electron chi connectivity index (χ3n) is 4.15. The summed E-state index contributed by atoms with van der Waals surface area (Å²) in [5, 5.41) is 4.46. The van der Waals surface area contributed by atoms with Crippen molar-refractivity contribution in [2.75, 3.05) is 13.7 Å². The molecule has 2 unspecified atom stereocenters. The Balaban J connectivity index is 2.23. The van der Waals surface area contributed by atoms with E-state index in [1.54, 1.807) is 7.11 Å². The van der Waals surface area contributed by atoms with E-state index in [9.17, 15) is 0 Å². The first-order valence-corrected chi connectivity index (χ1v) is 7.44. The summed E-state index contributed by atoms with van der Waals surface area (Å²) in [6, 6.07) is 6.36. The fraction of sp³-hybridized carbons (Fsp3) is 0.625. The van der Waals surface area contributed by atoms with E-state index in [2.05, 4.69) is 32.2 Å². The highest BCUT2D eigenvalue weighted by Crippen LogP contribution is 2.58. The van der Waals surface area contributed by atoms with E-state index in [0.717, 1.165) is 23.7 Å². The van der Waals surface area contributed by atoms with Crippen molar-refractivity contribution in [2.24, 2.45) is 11.3 Å². The molecule has 106 valence electrons. The van der Waals surface area contributed by atoms with Crippen molar-refractivity contribution in [3.63, 3.8) is 0 Å². The van der Waals surface area contributed by atoms with E-state index >= 15 is 0 Å². The molecule has 0 bridgehead atoms. The lowest BCUT2D eigenvalue weighted by Crippen LogP contribution is -2.25. The Morgan fingerprint density at radius 3 is 2.63 bits per heavy atom. The SMILES string of the molecule is CCCNC(c1ccc(OC)cc1Cl)C1CC1(C)C. The minimum Gasteiger partial charge on any atom is -0.497 e. The lowest BCUT2D eigenvalue weighted by atomic mass is 9.96. The Kier molecular flexibility index (Phi) is 4.42. The predicted octanol–water partition coefficient (Wildman–Crippen LogP) is 4.44. The van der Waals surface area contributed by atoms with Gasteiger partial charge in [-0.15, -0.1) is 0 Å². The van der Waals surface area contributed by atoms with Gasteiger partial charge in [0.25, 0.3) is 0 Å². The summed E-state index contributed by atoms with van der Waals surface area (Å²) in [4.78, 5) is 0. The monoisotopic (exact) mass is 281 g/mol. The summed E-state index contributed by atoms with van der Waals surface area (Å²) in [5.74, 6) is 1.49. The summed E-state index contributed by atoms with van der Waals surface area (Å²) < 4.78 is 5.22. The van der Waals surface area contributed by atoms with Gasteiger partial charge < -0.3 is 10.1 Å². The molecule has 1 fully saturated rings. The van der Waals surface area contributed by atoms with Crippen LogP contribution in [0.2, 0.25) is 5.02 Å². The molecule has 1 aliphatic rings. The van der Waals surface area contributed by atoms with Crippen LogP contribution in [0.3, 0.4) is 0 Å². The van der Waals surface area contributed by atoms with Crippen molar-refractivity contribution >= 4 is 11.6 Å². The molecule has 1 aromatic carbocycles. The van der Waals surface area contributed by atoms with E-state index in [1.807, 2.05) is 12.1 Å². The van der Waals surface area contributed by atoms with E-state index in [4.69, 9.17) is 16.3 Å². The molecular weight excluding hydrogens is 258 g/mol. The van der Waals surface area contributed by atoms with Crippen LogP contribution in [0.25, 0.3) is 0 Å². The van der Waals surface area contributed by atoms with Gasteiger partial charge in [0, 0.05) is 11.1 Å². The van der Waals surface area contributed by atoms with Gasteiger partial charge in [0.15, 0.2) is 0 Å². The fourth-order valence-corrected chi connectivity index (χ4v) is 3.02. The molecule has 19 heavy (non-hydrogen) atoms. The van der Waals surface area contributed by atoms with Crippen LogP contribution in [0.15, 0.2) is 18.2 Å². The molecule has 0 aliphatic heterocycles. The van der Waals surface area contributed by atoms with Crippen LogP contribution in [0.4, 0.5) is 0 Å². The smallest absolute Gasteiger partial charge is 0.120 e. The van der Waals surface area contributed by atoms with Crippen LogP contribution in [0, 0.1) is 11.3 Å². The number of ether oxygens (including phenoxy) is 1. The van der Waals surface area contributed by atoms with E-state index in [-0.39, 0.29) is 0 Å². The summed E-state index contributed by atoms with van der Waals surface area (Å²) in [7, 11) is 1.67. The quantitative estimate of drug-likeness (QED) is 0.832. The lowest BCUT2D eigenvalue weighted by molar-refractivity contribution is 0.408. The predicted molar refractivity (Wildman–Crippen MR) is 80.9 cm³/mol. The Morgan fingerprint density at radius 2 is 2.16 bits per heavy atom. The summed E-state index contributed by atoms with van der Waals surface area (Å²) in [5.41, 5.74) is 1.63. The summed E-state index contributed by atoms with van der Waals surface area (Å²) in [6.45, 7) is 7.88. The molecule has 1 N–H and O–H groups in total. The van der Waals surface area contributed by atoms with Gasteiger partial charge in [-0.2, -0.15) is 0 Å². The first kappa shape index (κ1) is 14.7. The maximum Gasteiger partial charge on any atom is 0.120 e. The number of benzene rings is 1. The van der Waals surface area contributed by atoms with Crippen molar-refractivity contribution in [1.82, 2.24) is 5.32 Å². The number of nitrogens with one attached hydrogen (secondary N) is 1. The van der Waals surface area contributed by atoms with Crippen LogP contribution in [-0.2, 0) is 0 Å². The van der Waals surface area contributed by atoms with Crippen LogP contribution in [0.5, 0.6) is 5.75 Å². The highest BCUT2D eigenvalue weighted by atomic mass is 35.5. The Labute approximate surface area is 121 Å². The zero-order chi connectivity index (χ0) is 14.0. The lowest BCUT2D eigenvalue weighted by Gasteiger charge is -2.22. The van der Waals surface area contributed by atoms with Gasteiger partial charge >= 0.3 is 0 Å². The number of hydrogen-bond donors (Lipinski definition) is 1. The Morgan fingerprint density at radius 1 is 1.47 bits per heavy atom. The molecule has 0 saturated heterocycles. The summed E-state index contributed by atoms with van der Waals surface area (Å²) >= 11 is 6.43. The van der Waals surface area contributed by atoms with E-state index in [0.29, 0.717) is 17.4 Å². The third kappa shape index (κ3) is 3.24. The maximum atomic E-state index is 6.43. The average molecular weight is 282 g/mol. The number of halogens is 1. The van der Waals surface area contributed by atoms with Gasteiger partial charge in [-0.25, -0.2) is 0 Å². The maximum absolute atomic E-state index is 6.43. The first-order valence-electron chi connectivity index (χ1n) is 7.06. The molecule has 3 heteroatoms. The number of methoxy groups -OCH3 is 1. The minimum absolute atomic E-state index is 0.355. The second kappa shape index (κ2) is 5.72. The first-order chi connectivity index (χ1) is 8.99. The third-order valence-corrected chi connectivity index (χ3v) is 4.48. The van der Waals surface area contributed by atoms with Crippen molar-refractivity contribution < 1.29 is 4.74 Å². The molecule has 2 nitrogen and oxygen atoms in total. The van der Waals surface area contributed by atoms with Crippen LogP contribution in [-0.4, -0.2) is 13.7 Å².